The molecule has 0 aliphatic carbocycles. The highest BCUT2D eigenvalue weighted by Gasteiger charge is 2.34. The molecular formula is C20H31N5O5. The highest BCUT2D eigenvalue weighted by molar-refractivity contribution is 5.92. The SMILES string of the molecule is CC(C)(C)OC(=O)Nc1nc(N2CCCC2)c2c(n1)N(C(=O)OC(C)(C)C)CCO2. The van der Waals surface area contributed by atoms with Crippen LogP contribution in [0.5, 0.6) is 5.75 Å². The second-order valence-electron chi connectivity index (χ2n) is 9.33. The van der Waals surface area contributed by atoms with Crippen LogP contribution in [-0.4, -0.2) is 59.6 Å². The molecule has 1 fully saturated rings. The first kappa shape index (κ1) is 21.9. The molecule has 0 spiro atoms. The van der Waals surface area contributed by atoms with Gasteiger partial charge >= 0.3 is 12.2 Å². The molecule has 0 atom stereocenters. The number of fused-ring (bicyclic) bond motifs is 1. The Kier molecular flexibility index (Phi) is 5.96. The number of hydrogen-bond acceptors (Lipinski definition) is 8. The Hall–Kier alpha value is -2.78. The number of hydrogen-bond donors (Lipinski definition) is 1. The molecule has 1 aromatic heterocycles. The first-order chi connectivity index (χ1) is 13.9. The zero-order chi connectivity index (χ0) is 22.1. The van der Waals surface area contributed by atoms with Crippen molar-refractivity contribution in [1.29, 1.82) is 0 Å². The van der Waals surface area contributed by atoms with E-state index >= 15 is 0 Å². The highest BCUT2D eigenvalue weighted by atomic mass is 16.6. The topological polar surface area (TPSA) is 106 Å². The lowest BCUT2D eigenvalue weighted by Crippen LogP contribution is -2.42. The van der Waals surface area contributed by atoms with Gasteiger partial charge < -0.3 is 19.1 Å². The average Bonchev–Trinajstić information content (AvgIpc) is 3.11. The molecule has 3 rings (SSSR count). The van der Waals surface area contributed by atoms with E-state index in [1.165, 1.54) is 4.90 Å². The van der Waals surface area contributed by atoms with Gasteiger partial charge in [0.05, 0.1) is 6.54 Å². The number of nitrogens with zero attached hydrogens (tertiary/aromatic N) is 4. The molecule has 0 radical (unpaired) electrons. The Morgan fingerprint density at radius 3 is 2.13 bits per heavy atom. The van der Waals surface area contributed by atoms with E-state index in [0.717, 1.165) is 25.9 Å². The van der Waals surface area contributed by atoms with Crippen LogP contribution in [0.25, 0.3) is 0 Å². The van der Waals surface area contributed by atoms with Crippen LogP contribution in [0.3, 0.4) is 0 Å². The summed E-state index contributed by atoms with van der Waals surface area (Å²) < 4.78 is 16.7. The third kappa shape index (κ3) is 5.43. The summed E-state index contributed by atoms with van der Waals surface area (Å²) in [5, 5.41) is 2.58. The smallest absolute Gasteiger partial charge is 0.416 e. The number of amides is 2. The summed E-state index contributed by atoms with van der Waals surface area (Å²) in [7, 11) is 0. The van der Waals surface area contributed by atoms with Crippen molar-refractivity contribution in [1.82, 2.24) is 9.97 Å². The zero-order valence-corrected chi connectivity index (χ0v) is 18.6. The van der Waals surface area contributed by atoms with E-state index in [0.29, 0.717) is 18.2 Å². The highest BCUT2D eigenvalue weighted by Crippen LogP contribution is 2.40. The fraction of sp³-hybridized carbons (Fsp3) is 0.700. The van der Waals surface area contributed by atoms with Gasteiger partial charge in [0.2, 0.25) is 11.7 Å². The molecule has 2 aliphatic heterocycles. The van der Waals surface area contributed by atoms with Gasteiger partial charge in [0.25, 0.3) is 0 Å². The molecule has 1 aromatic rings. The molecule has 166 valence electrons. The van der Waals surface area contributed by atoms with Crippen molar-refractivity contribution in [3.05, 3.63) is 0 Å². The Morgan fingerprint density at radius 1 is 0.933 bits per heavy atom. The van der Waals surface area contributed by atoms with Gasteiger partial charge in [-0.2, -0.15) is 9.97 Å². The third-order valence-corrected chi connectivity index (χ3v) is 4.28. The fourth-order valence-corrected chi connectivity index (χ4v) is 3.17. The van der Waals surface area contributed by atoms with Gasteiger partial charge in [0.15, 0.2) is 11.6 Å². The predicted molar refractivity (Wildman–Crippen MR) is 112 cm³/mol. The maximum Gasteiger partial charge on any atom is 0.416 e. The monoisotopic (exact) mass is 421 g/mol. The van der Waals surface area contributed by atoms with Gasteiger partial charge in [-0.3, -0.25) is 10.2 Å². The lowest BCUT2D eigenvalue weighted by atomic mass is 10.2. The van der Waals surface area contributed by atoms with Crippen LogP contribution in [0.4, 0.5) is 27.2 Å². The molecule has 30 heavy (non-hydrogen) atoms. The van der Waals surface area contributed by atoms with E-state index in [1.54, 1.807) is 41.5 Å². The van der Waals surface area contributed by atoms with Crippen molar-refractivity contribution in [2.24, 2.45) is 0 Å². The summed E-state index contributed by atoms with van der Waals surface area (Å²) in [6.07, 6.45) is 0.865. The van der Waals surface area contributed by atoms with Crippen molar-refractivity contribution >= 4 is 29.8 Å². The van der Waals surface area contributed by atoms with E-state index in [2.05, 4.69) is 20.2 Å². The van der Waals surface area contributed by atoms with E-state index < -0.39 is 23.4 Å². The number of aromatic nitrogens is 2. The summed E-state index contributed by atoms with van der Waals surface area (Å²) in [5.41, 5.74) is -1.32. The van der Waals surface area contributed by atoms with Crippen LogP contribution in [0, 0.1) is 0 Å². The van der Waals surface area contributed by atoms with E-state index in [1.807, 2.05) is 0 Å². The van der Waals surface area contributed by atoms with Gasteiger partial charge in [-0.15, -0.1) is 0 Å². The van der Waals surface area contributed by atoms with Crippen LogP contribution in [0.2, 0.25) is 0 Å². The van der Waals surface area contributed by atoms with Crippen molar-refractivity contribution in [3.63, 3.8) is 0 Å². The molecule has 3 heterocycles. The second kappa shape index (κ2) is 8.16. The lowest BCUT2D eigenvalue weighted by Gasteiger charge is -2.32. The van der Waals surface area contributed by atoms with Crippen LogP contribution in [-0.2, 0) is 9.47 Å². The quantitative estimate of drug-likeness (QED) is 0.773. The minimum Gasteiger partial charge on any atom is -0.485 e. The lowest BCUT2D eigenvalue weighted by molar-refractivity contribution is 0.0565. The molecule has 1 N–H and O–H groups in total. The average molecular weight is 421 g/mol. The number of carbonyl (C=O) groups excluding carboxylic acids is 2. The Morgan fingerprint density at radius 2 is 1.53 bits per heavy atom. The minimum atomic E-state index is -0.671. The largest absolute Gasteiger partial charge is 0.485 e. The molecule has 10 nitrogen and oxygen atoms in total. The van der Waals surface area contributed by atoms with Crippen LogP contribution in [0.15, 0.2) is 0 Å². The number of ether oxygens (including phenoxy) is 3. The van der Waals surface area contributed by atoms with Crippen molar-refractivity contribution < 1.29 is 23.8 Å². The standard InChI is InChI=1S/C20H31N5O5/c1-19(2,3)29-17(26)23-16-21-14(24-9-7-8-10-24)13-15(22-16)25(11-12-28-13)18(27)30-20(4,5)6/h7-12H2,1-6H3,(H,21,22,23,26). The number of anilines is 3. The Balaban J connectivity index is 1.97. The molecule has 2 aliphatic rings. The van der Waals surface area contributed by atoms with Gasteiger partial charge in [-0.25, -0.2) is 9.59 Å². The van der Waals surface area contributed by atoms with E-state index in [4.69, 9.17) is 14.2 Å². The van der Waals surface area contributed by atoms with Gasteiger partial charge in [-0.05, 0) is 54.4 Å². The molecule has 1 saturated heterocycles. The van der Waals surface area contributed by atoms with Crippen molar-refractivity contribution in [2.75, 3.05) is 41.4 Å². The van der Waals surface area contributed by atoms with Crippen LogP contribution in [0.1, 0.15) is 54.4 Å². The van der Waals surface area contributed by atoms with Crippen molar-refractivity contribution in [2.45, 2.75) is 65.6 Å². The summed E-state index contributed by atoms with van der Waals surface area (Å²) in [5.74, 6) is 1.29. The van der Waals surface area contributed by atoms with E-state index in [-0.39, 0.29) is 18.3 Å². The molecule has 0 unspecified atom stereocenters. The predicted octanol–water partition coefficient (Wildman–Crippen LogP) is 3.56. The van der Waals surface area contributed by atoms with Crippen LogP contribution < -0.4 is 19.9 Å². The van der Waals surface area contributed by atoms with Gasteiger partial charge in [-0.1, -0.05) is 0 Å². The summed E-state index contributed by atoms with van der Waals surface area (Å²) in [6.45, 7) is 12.9. The maximum absolute atomic E-state index is 12.8. The van der Waals surface area contributed by atoms with E-state index in [9.17, 15) is 9.59 Å². The maximum atomic E-state index is 12.8. The number of rotatable bonds is 2. The van der Waals surface area contributed by atoms with Gasteiger partial charge in [0, 0.05) is 13.1 Å². The molecule has 0 aromatic carbocycles. The normalized spacial score (nSPS) is 16.6. The van der Waals surface area contributed by atoms with Crippen LogP contribution >= 0.6 is 0 Å². The summed E-state index contributed by atoms with van der Waals surface area (Å²) in [6, 6.07) is 0. The zero-order valence-electron chi connectivity index (χ0n) is 18.6. The molecular weight excluding hydrogens is 390 g/mol. The Bertz CT molecular complexity index is 809. The Labute approximate surface area is 176 Å². The number of nitrogens with one attached hydrogen (secondary N) is 1. The second-order valence-corrected chi connectivity index (χ2v) is 9.33. The van der Waals surface area contributed by atoms with Crippen molar-refractivity contribution in [3.8, 4) is 5.75 Å². The molecule has 0 bridgehead atoms. The summed E-state index contributed by atoms with van der Waals surface area (Å²) in [4.78, 5) is 37.5. The first-order valence-electron chi connectivity index (χ1n) is 10.2. The molecule has 10 heteroatoms. The first-order valence-corrected chi connectivity index (χ1v) is 10.2. The molecule has 2 amide bonds. The summed E-state index contributed by atoms with van der Waals surface area (Å²) >= 11 is 0. The molecule has 0 saturated carbocycles. The fourth-order valence-electron chi connectivity index (χ4n) is 3.17. The number of carbonyl (C=O) groups is 2. The third-order valence-electron chi connectivity index (χ3n) is 4.28. The minimum absolute atomic E-state index is 0.0453. The van der Waals surface area contributed by atoms with Gasteiger partial charge in [0.1, 0.15) is 17.8 Å².